The van der Waals surface area contributed by atoms with Gasteiger partial charge in [0.2, 0.25) is 5.91 Å². The van der Waals surface area contributed by atoms with E-state index in [0.717, 1.165) is 11.3 Å². The van der Waals surface area contributed by atoms with Crippen LogP contribution in [0.25, 0.3) is 0 Å². The van der Waals surface area contributed by atoms with Gasteiger partial charge in [0.25, 0.3) is 0 Å². The van der Waals surface area contributed by atoms with E-state index in [0.29, 0.717) is 5.02 Å². The molecule has 21 heavy (non-hydrogen) atoms. The standard InChI is InChI=1S/C17H18ClNO2/c1-13(20)12-19(16-5-3-2-4-6-16)17(21)11-14-7-9-15(18)10-8-14/h2-10,13,20H,11-12H2,1H3. The molecule has 1 atom stereocenters. The summed E-state index contributed by atoms with van der Waals surface area (Å²) in [5.41, 5.74) is 1.69. The molecule has 0 aliphatic heterocycles. The Kier molecular flexibility index (Phi) is 5.37. The molecule has 0 aliphatic rings. The van der Waals surface area contributed by atoms with E-state index >= 15 is 0 Å². The van der Waals surface area contributed by atoms with Gasteiger partial charge in [-0.2, -0.15) is 0 Å². The molecule has 110 valence electrons. The van der Waals surface area contributed by atoms with Gasteiger partial charge in [0, 0.05) is 10.7 Å². The van der Waals surface area contributed by atoms with E-state index in [-0.39, 0.29) is 18.9 Å². The highest BCUT2D eigenvalue weighted by molar-refractivity contribution is 6.30. The first kappa shape index (κ1) is 15.5. The fraction of sp³-hybridized carbons (Fsp3) is 0.235. The smallest absolute Gasteiger partial charge is 0.231 e. The molecule has 0 fully saturated rings. The number of nitrogens with zero attached hydrogens (tertiary/aromatic N) is 1. The van der Waals surface area contributed by atoms with Crippen LogP contribution in [0.1, 0.15) is 12.5 Å². The molecule has 0 bridgehead atoms. The number of anilines is 1. The van der Waals surface area contributed by atoms with E-state index < -0.39 is 6.10 Å². The van der Waals surface area contributed by atoms with Crippen molar-refractivity contribution in [3.05, 3.63) is 65.2 Å². The monoisotopic (exact) mass is 303 g/mol. The van der Waals surface area contributed by atoms with Crippen molar-refractivity contribution in [3.8, 4) is 0 Å². The van der Waals surface area contributed by atoms with Gasteiger partial charge in [-0.25, -0.2) is 0 Å². The molecule has 0 radical (unpaired) electrons. The Morgan fingerprint density at radius 1 is 1.14 bits per heavy atom. The van der Waals surface area contributed by atoms with Crippen LogP contribution >= 0.6 is 11.6 Å². The number of hydrogen-bond donors (Lipinski definition) is 1. The molecule has 2 aromatic carbocycles. The Morgan fingerprint density at radius 3 is 2.33 bits per heavy atom. The van der Waals surface area contributed by atoms with Crippen LogP contribution in [0.3, 0.4) is 0 Å². The number of aliphatic hydroxyl groups excluding tert-OH is 1. The highest BCUT2D eigenvalue weighted by Crippen LogP contribution is 2.17. The third-order valence-electron chi connectivity index (χ3n) is 3.08. The Morgan fingerprint density at radius 2 is 1.76 bits per heavy atom. The van der Waals surface area contributed by atoms with E-state index in [1.807, 2.05) is 42.5 Å². The summed E-state index contributed by atoms with van der Waals surface area (Å²) in [7, 11) is 0. The van der Waals surface area contributed by atoms with Crippen molar-refractivity contribution < 1.29 is 9.90 Å². The molecule has 1 unspecified atom stereocenters. The van der Waals surface area contributed by atoms with Crippen molar-refractivity contribution in [1.82, 2.24) is 0 Å². The summed E-state index contributed by atoms with van der Waals surface area (Å²) in [5.74, 6) is -0.0515. The maximum Gasteiger partial charge on any atom is 0.231 e. The average Bonchev–Trinajstić information content (AvgIpc) is 2.48. The lowest BCUT2D eigenvalue weighted by atomic mass is 10.1. The lowest BCUT2D eigenvalue weighted by Crippen LogP contribution is -2.37. The minimum Gasteiger partial charge on any atom is -0.392 e. The van der Waals surface area contributed by atoms with Crippen LogP contribution in [0.15, 0.2) is 54.6 Å². The number of para-hydroxylation sites is 1. The highest BCUT2D eigenvalue weighted by Gasteiger charge is 2.17. The first-order valence-electron chi connectivity index (χ1n) is 6.84. The Labute approximate surface area is 129 Å². The van der Waals surface area contributed by atoms with Crippen LogP contribution < -0.4 is 4.90 Å². The van der Waals surface area contributed by atoms with Gasteiger partial charge in [-0.3, -0.25) is 4.79 Å². The van der Waals surface area contributed by atoms with Crippen LogP contribution in [-0.4, -0.2) is 23.7 Å². The molecular weight excluding hydrogens is 286 g/mol. The zero-order valence-electron chi connectivity index (χ0n) is 11.9. The van der Waals surface area contributed by atoms with Gasteiger partial charge in [0.05, 0.1) is 19.1 Å². The number of hydrogen-bond acceptors (Lipinski definition) is 2. The molecule has 4 heteroatoms. The van der Waals surface area contributed by atoms with Crippen LogP contribution in [0.4, 0.5) is 5.69 Å². The Bertz CT molecular complexity index is 581. The lowest BCUT2D eigenvalue weighted by Gasteiger charge is -2.24. The molecular formula is C17H18ClNO2. The van der Waals surface area contributed by atoms with Crippen molar-refractivity contribution in [2.24, 2.45) is 0 Å². The largest absolute Gasteiger partial charge is 0.392 e. The minimum atomic E-state index is -0.584. The maximum absolute atomic E-state index is 12.5. The summed E-state index contributed by atoms with van der Waals surface area (Å²) in [6.07, 6.45) is -0.307. The zero-order valence-corrected chi connectivity index (χ0v) is 12.6. The minimum absolute atomic E-state index is 0.0515. The van der Waals surface area contributed by atoms with Crippen LogP contribution in [0.2, 0.25) is 5.02 Å². The van der Waals surface area contributed by atoms with Gasteiger partial charge in [-0.05, 0) is 36.8 Å². The molecule has 0 aromatic heterocycles. The summed E-state index contributed by atoms with van der Waals surface area (Å²) < 4.78 is 0. The summed E-state index contributed by atoms with van der Waals surface area (Å²) in [6, 6.07) is 16.6. The molecule has 0 saturated carbocycles. The second-order valence-electron chi connectivity index (χ2n) is 4.99. The van der Waals surface area contributed by atoms with Gasteiger partial charge < -0.3 is 10.0 Å². The predicted molar refractivity (Wildman–Crippen MR) is 85.6 cm³/mol. The summed E-state index contributed by atoms with van der Waals surface area (Å²) >= 11 is 5.85. The fourth-order valence-electron chi connectivity index (χ4n) is 2.10. The molecule has 2 aromatic rings. The normalized spacial score (nSPS) is 12.0. The van der Waals surface area contributed by atoms with Gasteiger partial charge in [-0.15, -0.1) is 0 Å². The second-order valence-corrected chi connectivity index (χ2v) is 5.43. The van der Waals surface area contributed by atoms with E-state index in [1.54, 1.807) is 24.0 Å². The topological polar surface area (TPSA) is 40.5 Å². The Hall–Kier alpha value is -1.84. The SMILES string of the molecule is CC(O)CN(C(=O)Cc1ccc(Cl)cc1)c1ccccc1. The number of carbonyl (C=O) groups excluding carboxylic acids is 1. The molecule has 0 heterocycles. The number of amides is 1. The number of rotatable bonds is 5. The van der Waals surface area contributed by atoms with Gasteiger partial charge in [0.1, 0.15) is 0 Å². The van der Waals surface area contributed by atoms with Gasteiger partial charge in [-0.1, -0.05) is 41.9 Å². The van der Waals surface area contributed by atoms with Crippen LogP contribution in [0.5, 0.6) is 0 Å². The molecule has 3 nitrogen and oxygen atoms in total. The quantitative estimate of drug-likeness (QED) is 0.920. The molecule has 2 rings (SSSR count). The number of benzene rings is 2. The van der Waals surface area contributed by atoms with Crippen molar-refractivity contribution >= 4 is 23.2 Å². The predicted octanol–water partition coefficient (Wildman–Crippen LogP) is 3.30. The first-order valence-corrected chi connectivity index (χ1v) is 7.22. The Balaban J connectivity index is 2.16. The first-order chi connectivity index (χ1) is 10.1. The molecule has 0 saturated heterocycles. The van der Waals surface area contributed by atoms with Crippen molar-refractivity contribution in [2.75, 3.05) is 11.4 Å². The van der Waals surface area contributed by atoms with E-state index in [9.17, 15) is 9.90 Å². The van der Waals surface area contributed by atoms with Crippen molar-refractivity contribution in [1.29, 1.82) is 0 Å². The van der Waals surface area contributed by atoms with E-state index in [2.05, 4.69) is 0 Å². The number of halogens is 1. The van der Waals surface area contributed by atoms with Gasteiger partial charge >= 0.3 is 0 Å². The summed E-state index contributed by atoms with van der Waals surface area (Å²) in [5, 5.41) is 10.3. The average molecular weight is 304 g/mol. The number of carbonyl (C=O) groups is 1. The van der Waals surface area contributed by atoms with E-state index in [1.165, 1.54) is 0 Å². The maximum atomic E-state index is 12.5. The van der Waals surface area contributed by atoms with E-state index in [4.69, 9.17) is 11.6 Å². The van der Waals surface area contributed by atoms with Crippen LogP contribution in [0, 0.1) is 0 Å². The highest BCUT2D eigenvalue weighted by atomic mass is 35.5. The lowest BCUT2D eigenvalue weighted by molar-refractivity contribution is -0.118. The summed E-state index contributed by atoms with van der Waals surface area (Å²) in [4.78, 5) is 14.1. The van der Waals surface area contributed by atoms with Crippen molar-refractivity contribution in [3.63, 3.8) is 0 Å². The van der Waals surface area contributed by atoms with Crippen LogP contribution in [-0.2, 0) is 11.2 Å². The molecule has 1 N–H and O–H groups in total. The zero-order chi connectivity index (χ0) is 15.2. The fourth-order valence-corrected chi connectivity index (χ4v) is 2.22. The third kappa shape index (κ3) is 4.59. The third-order valence-corrected chi connectivity index (χ3v) is 3.34. The molecule has 0 spiro atoms. The molecule has 0 aliphatic carbocycles. The second kappa shape index (κ2) is 7.25. The van der Waals surface area contributed by atoms with Crippen molar-refractivity contribution in [2.45, 2.75) is 19.4 Å². The summed E-state index contributed by atoms with van der Waals surface area (Å²) in [6.45, 7) is 1.95. The number of aliphatic hydroxyl groups is 1. The molecule has 1 amide bonds. The van der Waals surface area contributed by atoms with Gasteiger partial charge in [0.15, 0.2) is 0 Å².